The van der Waals surface area contributed by atoms with Crippen LogP contribution >= 0.6 is 0 Å². The lowest BCUT2D eigenvalue weighted by Gasteiger charge is -2.21. The minimum Gasteiger partial charge on any atom is -0.376 e. The molecule has 0 unspecified atom stereocenters. The lowest BCUT2D eigenvalue weighted by molar-refractivity contribution is -0.134. The van der Waals surface area contributed by atoms with Gasteiger partial charge in [0, 0.05) is 36.5 Å². The average molecular weight is 462 g/mol. The number of hydrogen-bond donors (Lipinski definition) is 2. The van der Waals surface area contributed by atoms with Gasteiger partial charge in [-0.2, -0.15) is 10.4 Å². The van der Waals surface area contributed by atoms with E-state index in [0.717, 1.165) is 11.3 Å². The second kappa shape index (κ2) is 8.06. The Kier molecular flexibility index (Phi) is 5.16. The van der Waals surface area contributed by atoms with Gasteiger partial charge in [0.2, 0.25) is 5.91 Å². The maximum absolute atomic E-state index is 13.9. The number of aromatic nitrogens is 4. The summed E-state index contributed by atoms with van der Waals surface area (Å²) in [5.74, 6) is -1.47. The van der Waals surface area contributed by atoms with Crippen molar-refractivity contribution in [2.45, 2.75) is 25.8 Å². The van der Waals surface area contributed by atoms with E-state index in [1.807, 2.05) is 19.1 Å². The maximum Gasteiger partial charge on any atom is 0.252 e. The fourth-order valence-corrected chi connectivity index (χ4v) is 4.45. The third-order valence-corrected chi connectivity index (χ3v) is 6.58. The van der Waals surface area contributed by atoms with E-state index in [-0.39, 0.29) is 24.6 Å². The number of nitrogens with one attached hydrogen (secondary N) is 1. The molecule has 0 spiro atoms. The molecule has 0 bridgehead atoms. The molecule has 3 aromatic heterocycles. The van der Waals surface area contributed by atoms with Gasteiger partial charge in [0.05, 0.1) is 48.1 Å². The van der Waals surface area contributed by atoms with Gasteiger partial charge in [0.1, 0.15) is 5.41 Å². The summed E-state index contributed by atoms with van der Waals surface area (Å²) in [5.41, 5.74) is 7.72. The van der Waals surface area contributed by atoms with Crippen molar-refractivity contribution in [3.63, 3.8) is 0 Å². The first-order valence-electron chi connectivity index (χ1n) is 11.0. The summed E-state index contributed by atoms with van der Waals surface area (Å²) in [6.45, 7) is 1.61. The first-order valence-corrected chi connectivity index (χ1v) is 11.0. The van der Waals surface area contributed by atoms with E-state index in [9.17, 15) is 19.2 Å². The Bertz CT molecular complexity index is 1340. The fourth-order valence-electron chi connectivity index (χ4n) is 4.45. The smallest absolute Gasteiger partial charge is 0.252 e. The molecular weight excluding hydrogens is 439 g/mol. The predicted octanol–water partition coefficient (Wildman–Crippen LogP) is 1.71. The average Bonchev–Trinajstić information content (AvgIpc) is 3.33. The highest BCUT2D eigenvalue weighted by atomic mass is 19.1. The molecule has 2 fully saturated rings. The fraction of sp³-hybridized carbons (Fsp3) is 0.391. The minimum absolute atomic E-state index is 0.119. The van der Waals surface area contributed by atoms with Crippen LogP contribution in [0.5, 0.6) is 0 Å². The number of nitrogens with zero attached hydrogens (tertiary/aromatic N) is 6. The van der Waals surface area contributed by atoms with Crippen LogP contribution in [0, 0.1) is 29.6 Å². The number of imidazole rings is 1. The van der Waals surface area contributed by atoms with Gasteiger partial charge in [0.15, 0.2) is 5.65 Å². The number of carbonyl (C=O) groups is 2. The minimum atomic E-state index is -0.973. The molecule has 2 aliphatic rings. The number of amides is 2. The van der Waals surface area contributed by atoms with Gasteiger partial charge >= 0.3 is 0 Å². The zero-order chi connectivity index (χ0) is 24.0. The summed E-state index contributed by atoms with van der Waals surface area (Å²) in [6.07, 6.45) is 5.80. The number of anilines is 1. The van der Waals surface area contributed by atoms with Gasteiger partial charge in [-0.1, -0.05) is 0 Å². The van der Waals surface area contributed by atoms with Crippen LogP contribution in [0.2, 0.25) is 0 Å². The lowest BCUT2D eigenvalue weighted by atomic mass is 10.0. The van der Waals surface area contributed by atoms with Gasteiger partial charge in [0.25, 0.3) is 5.91 Å². The summed E-state index contributed by atoms with van der Waals surface area (Å²) >= 11 is 0. The third-order valence-electron chi connectivity index (χ3n) is 6.58. The molecule has 11 heteroatoms. The van der Waals surface area contributed by atoms with Crippen LogP contribution in [0.15, 0.2) is 30.7 Å². The van der Waals surface area contributed by atoms with Gasteiger partial charge in [-0.15, -0.1) is 0 Å². The molecular formula is C23H23FN8O2. The van der Waals surface area contributed by atoms with Gasteiger partial charge in [-0.25, -0.2) is 9.50 Å². The summed E-state index contributed by atoms with van der Waals surface area (Å²) < 4.78 is 15.5. The monoisotopic (exact) mass is 462 g/mol. The summed E-state index contributed by atoms with van der Waals surface area (Å²) in [6, 6.07) is 5.31. The summed E-state index contributed by atoms with van der Waals surface area (Å²) in [7, 11) is 0. The molecule has 5 rings (SSSR count). The first kappa shape index (κ1) is 21.8. The number of carbonyl (C=O) groups excluding carboxylic acids is 2. The van der Waals surface area contributed by atoms with E-state index in [2.05, 4.69) is 26.5 Å². The number of rotatable bonds is 6. The van der Waals surface area contributed by atoms with E-state index in [4.69, 9.17) is 5.73 Å². The number of nitriles is 1. The topological polar surface area (TPSA) is 142 Å². The van der Waals surface area contributed by atoms with Crippen molar-refractivity contribution in [1.29, 1.82) is 5.26 Å². The highest BCUT2D eigenvalue weighted by Gasteiger charge is 2.54. The van der Waals surface area contributed by atoms with Crippen LogP contribution in [0.25, 0.3) is 16.9 Å². The molecule has 1 aliphatic carbocycles. The number of halogens is 1. The third kappa shape index (κ3) is 3.61. The Balaban J connectivity index is 1.50. The van der Waals surface area contributed by atoms with Crippen molar-refractivity contribution in [2.24, 2.45) is 17.1 Å². The van der Waals surface area contributed by atoms with E-state index in [0.29, 0.717) is 29.9 Å². The van der Waals surface area contributed by atoms with Gasteiger partial charge in [-0.3, -0.25) is 19.0 Å². The van der Waals surface area contributed by atoms with Crippen molar-refractivity contribution < 1.29 is 14.0 Å². The number of primary amides is 1. The summed E-state index contributed by atoms with van der Waals surface area (Å²) in [4.78, 5) is 35.4. The van der Waals surface area contributed by atoms with Crippen LogP contribution in [0.3, 0.4) is 0 Å². The number of alkyl halides is 1. The maximum atomic E-state index is 13.9. The normalized spacial score (nSPS) is 20.8. The molecule has 1 aliphatic heterocycles. The molecule has 4 heterocycles. The van der Waals surface area contributed by atoms with E-state index >= 15 is 0 Å². The zero-order valence-corrected chi connectivity index (χ0v) is 18.5. The first-order chi connectivity index (χ1) is 16.3. The Morgan fingerprint density at radius 3 is 2.82 bits per heavy atom. The van der Waals surface area contributed by atoms with Gasteiger partial charge in [-0.05, 0) is 31.9 Å². The molecule has 2 atom stereocenters. The summed E-state index contributed by atoms with van der Waals surface area (Å²) in [5, 5.41) is 16.9. The molecule has 2 amide bonds. The number of pyridine rings is 1. The Labute approximate surface area is 194 Å². The molecule has 34 heavy (non-hydrogen) atoms. The molecule has 1 saturated heterocycles. The van der Waals surface area contributed by atoms with Crippen molar-refractivity contribution in [3.8, 4) is 17.3 Å². The van der Waals surface area contributed by atoms with Crippen molar-refractivity contribution >= 4 is 23.1 Å². The molecule has 10 nitrogen and oxygen atoms in total. The SMILES string of the molecule is Cc1cc(-c2cn3ncc(C(N)=O)c(N[C@@H]4CN(C(=O)C5(C#N)CC5)C[C@H]4CF)c3n2)ccn1. The number of fused-ring (bicyclic) bond motifs is 1. The van der Waals surface area contributed by atoms with E-state index in [1.165, 1.54) is 15.6 Å². The van der Waals surface area contributed by atoms with Crippen LogP contribution < -0.4 is 11.1 Å². The second-order valence-corrected chi connectivity index (χ2v) is 8.95. The van der Waals surface area contributed by atoms with E-state index in [1.54, 1.807) is 12.4 Å². The highest BCUT2D eigenvalue weighted by molar-refractivity contribution is 6.01. The molecule has 174 valence electrons. The molecule has 0 radical (unpaired) electrons. The number of aryl methyl sites for hydroxylation is 1. The number of likely N-dealkylation sites (tertiary alicyclic amines) is 1. The highest BCUT2D eigenvalue weighted by Crippen LogP contribution is 2.47. The number of hydrogen-bond acceptors (Lipinski definition) is 7. The number of nitrogens with two attached hydrogens (primary N) is 1. The Hall–Kier alpha value is -4.07. The van der Waals surface area contributed by atoms with Gasteiger partial charge < -0.3 is 16.0 Å². The Morgan fingerprint density at radius 1 is 1.38 bits per heavy atom. The van der Waals surface area contributed by atoms with Crippen LogP contribution in [-0.2, 0) is 4.79 Å². The van der Waals surface area contributed by atoms with Crippen molar-refractivity contribution in [2.75, 3.05) is 25.1 Å². The molecule has 3 N–H and O–H groups in total. The van der Waals surface area contributed by atoms with E-state index < -0.39 is 30.0 Å². The molecule has 0 aromatic carbocycles. The predicted molar refractivity (Wildman–Crippen MR) is 120 cm³/mol. The quantitative estimate of drug-likeness (QED) is 0.568. The van der Waals surface area contributed by atoms with Crippen LogP contribution in [0.1, 0.15) is 28.9 Å². The second-order valence-electron chi connectivity index (χ2n) is 8.95. The molecule has 3 aromatic rings. The largest absolute Gasteiger partial charge is 0.376 e. The van der Waals surface area contributed by atoms with Crippen LogP contribution in [0.4, 0.5) is 10.1 Å². The van der Waals surface area contributed by atoms with Crippen LogP contribution in [-0.4, -0.2) is 62.1 Å². The standard InChI is InChI=1S/C23H23FN8O2/c1-13-6-14(2-5-27-13)18-11-32-21(30-18)19(16(8-28-32)20(26)33)29-17-10-31(9-15(17)7-24)22(34)23(12-25)3-4-23/h2,5-6,8,11,15,17,29H,3-4,7,9-10H2,1H3,(H2,26,33)/t15-,17-/m1/s1. The molecule has 1 saturated carbocycles. The zero-order valence-electron chi connectivity index (χ0n) is 18.5. The lowest BCUT2D eigenvalue weighted by Crippen LogP contribution is -2.36. The Morgan fingerprint density at radius 2 is 2.18 bits per heavy atom. The van der Waals surface area contributed by atoms with Crippen molar-refractivity contribution in [1.82, 2.24) is 24.5 Å². The van der Waals surface area contributed by atoms with Crippen molar-refractivity contribution in [3.05, 3.63) is 42.0 Å².